The third kappa shape index (κ3) is 4.65. The average Bonchev–Trinajstić information content (AvgIpc) is 2.15. The van der Waals surface area contributed by atoms with Crippen molar-refractivity contribution in [1.82, 2.24) is 5.32 Å². The second-order valence-electron chi connectivity index (χ2n) is 5.03. The topological polar surface area (TPSA) is 38.3 Å². The number of hydrogen-bond acceptors (Lipinski definition) is 2. The van der Waals surface area contributed by atoms with Crippen LogP contribution in [-0.4, -0.2) is 24.2 Å². The molecule has 0 unspecified atom stereocenters. The second-order valence-corrected chi connectivity index (χ2v) is 5.03. The predicted octanol–water partition coefficient (Wildman–Crippen LogP) is 2.25. The van der Waals surface area contributed by atoms with Gasteiger partial charge in [0, 0.05) is 5.54 Å². The SMILES string of the molecule is CC(C)OCC(=O)NC1(C)CCCCC1. The molecule has 0 heterocycles. The van der Waals surface area contributed by atoms with Gasteiger partial charge in [0.2, 0.25) is 5.91 Å². The maximum Gasteiger partial charge on any atom is 0.246 e. The molecule has 0 radical (unpaired) electrons. The molecule has 1 amide bonds. The minimum absolute atomic E-state index is 0.00960. The van der Waals surface area contributed by atoms with Gasteiger partial charge in [-0.25, -0.2) is 0 Å². The monoisotopic (exact) mass is 213 g/mol. The van der Waals surface area contributed by atoms with Crippen molar-refractivity contribution < 1.29 is 9.53 Å². The van der Waals surface area contributed by atoms with E-state index in [-0.39, 0.29) is 24.2 Å². The molecule has 0 aromatic heterocycles. The molecule has 3 nitrogen and oxygen atoms in total. The van der Waals surface area contributed by atoms with E-state index in [9.17, 15) is 4.79 Å². The first kappa shape index (κ1) is 12.5. The maximum absolute atomic E-state index is 11.6. The van der Waals surface area contributed by atoms with E-state index in [4.69, 9.17) is 4.74 Å². The van der Waals surface area contributed by atoms with Crippen LogP contribution in [0.5, 0.6) is 0 Å². The Morgan fingerprint density at radius 3 is 2.47 bits per heavy atom. The molecule has 0 aromatic carbocycles. The highest BCUT2D eigenvalue weighted by atomic mass is 16.5. The van der Waals surface area contributed by atoms with E-state index >= 15 is 0 Å². The first-order valence-electron chi connectivity index (χ1n) is 5.94. The molecule has 0 bridgehead atoms. The van der Waals surface area contributed by atoms with Crippen LogP contribution in [0.4, 0.5) is 0 Å². The highest BCUT2D eigenvalue weighted by Crippen LogP contribution is 2.27. The van der Waals surface area contributed by atoms with Gasteiger partial charge in [0.05, 0.1) is 6.10 Å². The molecule has 0 aromatic rings. The van der Waals surface area contributed by atoms with Gasteiger partial charge in [0.25, 0.3) is 0 Å². The smallest absolute Gasteiger partial charge is 0.246 e. The summed E-state index contributed by atoms with van der Waals surface area (Å²) in [5.74, 6) is 0.0214. The van der Waals surface area contributed by atoms with Crippen molar-refractivity contribution in [2.24, 2.45) is 0 Å². The highest BCUT2D eigenvalue weighted by Gasteiger charge is 2.28. The van der Waals surface area contributed by atoms with E-state index in [2.05, 4.69) is 12.2 Å². The Balaban J connectivity index is 2.29. The summed E-state index contributed by atoms with van der Waals surface area (Å²) in [7, 11) is 0. The number of nitrogens with one attached hydrogen (secondary N) is 1. The first-order valence-corrected chi connectivity index (χ1v) is 5.94. The molecule has 1 aliphatic rings. The van der Waals surface area contributed by atoms with Gasteiger partial charge in [-0.05, 0) is 33.6 Å². The van der Waals surface area contributed by atoms with Crippen molar-refractivity contribution in [3.63, 3.8) is 0 Å². The molecule has 3 heteroatoms. The molecule has 1 rings (SSSR count). The predicted molar refractivity (Wildman–Crippen MR) is 60.7 cm³/mol. The van der Waals surface area contributed by atoms with E-state index in [0.29, 0.717) is 0 Å². The van der Waals surface area contributed by atoms with Crippen LogP contribution < -0.4 is 5.32 Å². The van der Waals surface area contributed by atoms with Crippen LogP contribution in [0.1, 0.15) is 52.9 Å². The summed E-state index contributed by atoms with van der Waals surface area (Å²) in [4.78, 5) is 11.6. The summed E-state index contributed by atoms with van der Waals surface area (Å²) in [6, 6.07) is 0. The Bertz CT molecular complexity index is 208. The summed E-state index contributed by atoms with van der Waals surface area (Å²) in [6.07, 6.45) is 6.06. The number of carbonyl (C=O) groups is 1. The van der Waals surface area contributed by atoms with Gasteiger partial charge in [-0.3, -0.25) is 4.79 Å². The van der Waals surface area contributed by atoms with Crippen molar-refractivity contribution in [2.45, 2.75) is 64.5 Å². The van der Waals surface area contributed by atoms with Crippen molar-refractivity contribution in [3.05, 3.63) is 0 Å². The van der Waals surface area contributed by atoms with Crippen molar-refractivity contribution in [3.8, 4) is 0 Å². The molecule has 1 saturated carbocycles. The summed E-state index contributed by atoms with van der Waals surface area (Å²) < 4.78 is 5.28. The zero-order valence-electron chi connectivity index (χ0n) is 10.1. The van der Waals surface area contributed by atoms with E-state index in [1.165, 1.54) is 19.3 Å². The van der Waals surface area contributed by atoms with Crippen LogP contribution in [0.2, 0.25) is 0 Å². The first-order chi connectivity index (χ1) is 7.02. The van der Waals surface area contributed by atoms with Crippen molar-refractivity contribution in [1.29, 1.82) is 0 Å². The maximum atomic E-state index is 11.6. The van der Waals surface area contributed by atoms with E-state index < -0.39 is 0 Å². The number of carbonyl (C=O) groups excluding carboxylic acids is 1. The summed E-state index contributed by atoms with van der Waals surface area (Å²) in [6.45, 7) is 6.21. The number of hydrogen-bond donors (Lipinski definition) is 1. The molecule has 1 aliphatic carbocycles. The lowest BCUT2D eigenvalue weighted by atomic mass is 9.83. The van der Waals surface area contributed by atoms with Crippen LogP contribution in [0, 0.1) is 0 Å². The van der Waals surface area contributed by atoms with Gasteiger partial charge in [-0.1, -0.05) is 19.3 Å². The normalized spacial score (nSPS) is 20.3. The van der Waals surface area contributed by atoms with E-state index in [1.807, 2.05) is 13.8 Å². The third-order valence-electron chi connectivity index (χ3n) is 2.95. The van der Waals surface area contributed by atoms with Gasteiger partial charge in [-0.15, -0.1) is 0 Å². The van der Waals surface area contributed by atoms with E-state index in [1.54, 1.807) is 0 Å². The van der Waals surface area contributed by atoms with Gasteiger partial charge >= 0.3 is 0 Å². The Morgan fingerprint density at radius 2 is 1.93 bits per heavy atom. The second kappa shape index (κ2) is 5.50. The Hall–Kier alpha value is -0.570. The Kier molecular flexibility index (Phi) is 4.58. The van der Waals surface area contributed by atoms with Crippen molar-refractivity contribution >= 4 is 5.91 Å². The fourth-order valence-electron chi connectivity index (χ4n) is 2.07. The molecule has 0 spiro atoms. The standard InChI is InChI=1S/C12H23NO2/c1-10(2)15-9-11(14)13-12(3)7-5-4-6-8-12/h10H,4-9H2,1-3H3,(H,13,14). The summed E-state index contributed by atoms with van der Waals surface area (Å²) >= 11 is 0. The van der Waals surface area contributed by atoms with Gasteiger partial charge in [-0.2, -0.15) is 0 Å². The van der Waals surface area contributed by atoms with E-state index in [0.717, 1.165) is 12.8 Å². The lowest BCUT2D eigenvalue weighted by Gasteiger charge is -2.34. The van der Waals surface area contributed by atoms with Crippen LogP contribution in [-0.2, 0) is 9.53 Å². The van der Waals surface area contributed by atoms with Crippen molar-refractivity contribution in [2.75, 3.05) is 6.61 Å². The Labute approximate surface area is 92.6 Å². The fourth-order valence-corrected chi connectivity index (χ4v) is 2.07. The molecule has 1 N–H and O–H groups in total. The minimum atomic E-state index is 0.00960. The van der Waals surface area contributed by atoms with Crippen LogP contribution >= 0.6 is 0 Å². The van der Waals surface area contributed by atoms with Crippen LogP contribution in [0.15, 0.2) is 0 Å². The summed E-state index contributed by atoms with van der Waals surface area (Å²) in [5.41, 5.74) is 0.00960. The molecule has 0 atom stereocenters. The molecule has 15 heavy (non-hydrogen) atoms. The third-order valence-corrected chi connectivity index (χ3v) is 2.95. The molecule has 88 valence electrons. The lowest BCUT2D eigenvalue weighted by molar-refractivity contribution is -0.129. The molecule has 0 aliphatic heterocycles. The summed E-state index contributed by atoms with van der Waals surface area (Å²) in [5, 5.41) is 3.09. The van der Waals surface area contributed by atoms with Gasteiger partial charge in [0.15, 0.2) is 0 Å². The quantitative estimate of drug-likeness (QED) is 0.778. The Morgan fingerprint density at radius 1 is 1.33 bits per heavy atom. The lowest BCUT2D eigenvalue weighted by Crippen LogP contribution is -2.48. The number of amides is 1. The number of ether oxygens (including phenoxy) is 1. The molecular weight excluding hydrogens is 190 g/mol. The largest absolute Gasteiger partial charge is 0.369 e. The fraction of sp³-hybridized carbons (Fsp3) is 0.917. The molecular formula is C12H23NO2. The minimum Gasteiger partial charge on any atom is -0.369 e. The molecule has 1 fully saturated rings. The zero-order chi connectivity index (χ0) is 11.3. The highest BCUT2D eigenvalue weighted by molar-refractivity contribution is 5.78. The zero-order valence-corrected chi connectivity index (χ0v) is 10.1. The molecule has 0 saturated heterocycles. The average molecular weight is 213 g/mol. The van der Waals surface area contributed by atoms with Crippen LogP contribution in [0.25, 0.3) is 0 Å². The van der Waals surface area contributed by atoms with Gasteiger partial charge < -0.3 is 10.1 Å². The number of rotatable bonds is 4. The van der Waals surface area contributed by atoms with Crippen LogP contribution in [0.3, 0.4) is 0 Å². The van der Waals surface area contributed by atoms with Gasteiger partial charge in [0.1, 0.15) is 6.61 Å².